The molecule has 0 amide bonds. The number of hydrogen-bond acceptors (Lipinski definition) is 5. The molecular formula is C48H66N4O. The molecule has 0 radical (unpaired) electrons. The Labute approximate surface area is 323 Å². The SMILES string of the molecule is C=C.C=C(C)C1C=CCN1C(=C)Cc1ccccn1.C=CCC.CC.CCc1ccc(/C=C/c2ccc(C)cc2)cc1.CN.O=CCc1ccccn1. The molecule has 0 aliphatic carbocycles. The van der Waals surface area contributed by atoms with Crippen LogP contribution in [0.3, 0.4) is 0 Å². The lowest BCUT2D eigenvalue weighted by Crippen LogP contribution is -2.30. The minimum atomic E-state index is 0.297. The number of allylic oxidation sites excluding steroid dienone is 2. The molecule has 5 nitrogen and oxygen atoms in total. The first-order chi connectivity index (χ1) is 25.8. The van der Waals surface area contributed by atoms with Gasteiger partial charge in [-0.05, 0) is 74.7 Å². The summed E-state index contributed by atoms with van der Waals surface area (Å²) < 4.78 is 0. The Hall–Kier alpha value is -5.39. The third-order valence-corrected chi connectivity index (χ3v) is 7.22. The number of nitrogens with zero attached hydrogens (tertiary/aromatic N) is 3. The highest BCUT2D eigenvalue weighted by molar-refractivity contribution is 5.69. The highest BCUT2D eigenvalue weighted by Crippen LogP contribution is 2.22. The lowest BCUT2D eigenvalue weighted by molar-refractivity contribution is -0.107. The zero-order chi connectivity index (χ0) is 40.3. The minimum Gasteiger partial charge on any atom is -0.361 e. The number of pyridine rings is 2. The van der Waals surface area contributed by atoms with Crippen LogP contribution in [0.5, 0.6) is 0 Å². The summed E-state index contributed by atoms with van der Waals surface area (Å²) in [5, 5.41) is 0. The smallest absolute Gasteiger partial charge is 0.125 e. The Balaban J connectivity index is 0. The maximum absolute atomic E-state index is 9.93. The molecule has 2 aromatic carbocycles. The summed E-state index contributed by atoms with van der Waals surface area (Å²) in [6, 6.07) is 29.1. The van der Waals surface area contributed by atoms with Gasteiger partial charge in [0.25, 0.3) is 0 Å². The molecule has 3 heterocycles. The fourth-order valence-corrected chi connectivity index (χ4v) is 4.43. The van der Waals surface area contributed by atoms with Crippen LogP contribution >= 0.6 is 0 Å². The predicted molar refractivity (Wildman–Crippen MR) is 235 cm³/mol. The topological polar surface area (TPSA) is 72.1 Å². The first-order valence-corrected chi connectivity index (χ1v) is 18.3. The lowest BCUT2D eigenvalue weighted by Gasteiger charge is -2.28. The van der Waals surface area contributed by atoms with Crippen molar-refractivity contribution in [2.24, 2.45) is 5.73 Å². The summed E-state index contributed by atoms with van der Waals surface area (Å²) in [4.78, 5) is 20.5. The zero-order valence-electron chi connectivity index (χ0n) is 33.7. The molecular weight excluding hydrogens is 649 g/mol. The molecule has 0 spiro atoms. The van der Waals surface area contributed by atoms with Gasteiger partial charge in [-0.3, -0.25) is 9.97 Å². The molecule has 284 valence electrons. The van der Waals surface area contributed by atoms with Gasteiger partial charge in [0, 0.05) is 48.9 Å². The highest BCUT2D eigenvalue weighted by atomic mass is 16.1. The molecule has 5 heteroatoms. The summed E-state index contributed by atoms with van der Waals surface area (Å²) in [6.45, 7) is 31.0. The van der Waals surface area contributed by atoms with Crippen molar-refractivity contribution in [3.63, 3.8) is 0 Å². The van der Waals surface area contributed by atoms with Crippen molar-refractivity contribution < 1.29 is 4.79 Å². The molecule has 5 rings (SSSR count). The molecule has 0 bridgehead atoms. The number of carbonyl (C=O) groups excluding carboxylic acids is 1. The van der Waals surface area contributed by atoms with E-state index in [1.54, 1.807) is 6.20 Å². The lowest BCUT2D eigenvalue weighted by atomic mass is 10.1. The van der Waals surface area contributed by atoms with Crippen LogP contribution in [0.2, 0.25) is 0 Å². The number of hydrogen-bond donors (Lipinski definition) is 1. The quantitative estimate of drug-likeness (QED) is 0.101. The molecule has 0 fully saturated rings. The van der Waals surface area contributed by atoms with Crippen molar-refractivity contribution in [3.8, 4) is 0 Å². The summed E-state index contributed by atoms with van der Waals surface area (Å²) in [5.74, 6) is 0. The number of rotatable bonds is 10. The van der Waals surface area contributed by atoms with E-state index >= 15 is 0 Å². The molecule has 0 saturated heterocycles. The third-order valence-electron chi connectivity index (χ3n) is 7.22. The van der Waals surface area contributed by atoms with E-state index in [4.69, 9.17) is 0 Å². The van der Waals surface area contributed by atoms with Gasteiger partial charge in [-0.2, -0.15) is 0 Å². The Bertz CT molecular complexity index is 1560. The number of benzene rings is 2. The van der Waals surface area contributed by atoms with Crippen molar-refractivity contribution >= 4 is 18.4 Å². The zero-order valence-corrected chi connectivity index (χ0v) is 33.7. The van der Waals surface area contributed by atoms with Gasteiger partial charge in [0.2, 0.25) is 0 Å². The number of nitrogens with two attached hydrogens (primary N) is 1. The maximum atomic E-state index is 9.93. The normalized spacial score (nSPS) is 11.7. The van der Waals surface area contributed by atoms with E-state index in [0.717, 1.165) is 54.8 Å². The van der Waals surface area contributed by atoms with Crippen LogP contribution in [-0.2, 0) is 24.1 Å². The second-order valence-electron chi connectivity index (χ2n) is 11.2. The van der Waals surface area contributed by atoms with Crippen LogP contribution in [0.25, 0.3) is 12.2 Å². The fourth-order valence-electron chi connectivity index (χ4n) is 4.43. The first-order valence-electron chi connectivity index (χ1n) is 18.3. The molecule has 1 unspecified atom stereocenters. The minimum absolute atomic E-state index is 0.297. The number of aromatic nitrogens is 2. The van der Waals surface area contributed by atoms with Gasteiger partial charge in [-0.15, -0.1) is 19.7 Å². The van der Waals surface area contributed by atoms with Crippen molar-refractivity contribution in [2.45, 2.75) is 73.3 Å². The summed E-state index contributed by atoms with van der Waals surface area (Å²) in [5.41, 5.74) is 13.8. The number of aldehydes is 1. The predicted octanol–water partition coefficient (Wildman–Crippen LogP) is 11.5. The van der Waals surface area contributed by atoms with Crippen molar-refractivity contribution in [1.82, 2.24) is 14.9 Å². The van der Waals surface area contributed by atoms with Gasteiger partial charge in [-0.25, -0.2) is 0 Å². The van der Waals surface area contributed by atoms with E-state index in [-0.39, 0.29) is 0 Å². The van der Waals surface area contributed by atoms with Gasteiger partial charge >= 0.3 is 0 Å². The van der Waals surface area contributed by atoms with Crippen molar-refractivity contribution in [1.29, 1.82) is 0 Å². The van der Waals surface area contributed by atoms with Crippen LogP contribution < -0.4 is 5.73 Å². The maximum Gasteiger partial charge on any atom is 0.125 e. The Kier molecular flexibility index (Phi) is 31.6. The van der Waals surface area contributed by atoms with E-state index < -0.39 is 0 Å². The highest BCUT2D eigenvalue weighted by Gasteiger charge is 2.21. The van der Waals surface area contributed by atoms with Gasteiger partial charge < -0.3 is 15.4 Å². The monoisotopic (exact) mass is 715 g/mol. The molecule has 0 saturated carbocycles. The van der Waals surface area contributed by atoms with E-state index in [0.29, 0.717) is 12.5 Å². The summed E-state index contributed by atoms with van der Waals surface area (Å²) >= 11 is 0. The molecule has 1 aliphatic rings. The van der Waals surface area contributed by atoms with E-state index in [9.17, 15) is 4.79 Å². The third kappa shape index (κ3) is 22.9. The Morgan fingerprint density at radius 3 is 1.74 bits per heavy atom. The molecule has 4 aromatic rings. The van der Waals surface area contributed by atoms with Crippen molar-refractivity contribution in [2.75, 3.05) is 13.6 Å². The molecule has 1 aliphatic heterocycles. The van der Waals surface area contributed by atoms with Crippen LogP contribution in [0.1, 0.15) is 74.7 Å². The number of aryl methyl sites for hydroxylation is 2. The van der Waals surface area contributed by atoms with Gasteiger partial charge in [0.15, 0.2) is 0 Å². The van der Waals surface area contributed by atoms with E-state index in [1.165, 1.54) is 29.3 Å². The standard InChI is InChI=1S/C17H18.C15H18N2.C7H7NO.C4H8.C2H6.C2H4.CH5N/c1-3-15-8-10-17(11-9-15)13-12-16-6-4-14(2)5-7-16;1-12(2)15-8-6-10-17(15)13(3)11-14-7-4-5-9-16-14;9-6-4-7-3-1-2-5-8-7;1-3-4-2;3*1-2/h4-13H,3H2,1-2H3;4-9,15H,1,3,10-11H2,2H3;1-3,5-6H,4H2;3H,1,4H2,2H3;1-2H3;1-2H2;2H2,1H3/b13-12+;;;;;;. The molecule has 2 aromatic heterocycles. The van der Waals surface area contributed by atoms with Gasteiger partial charge in [-0.1, -0.05) is 143 Å². The summed E-state index contributed by atoms with van der Waals surface area (Å²) in [7, 11) is 1.50. The first kappa shape index (κ1) is 49.7. The Morgan fingerprint density at radius 1 is 0.830 bits per heavy atom. The average molecular weight is 715 g/mol. The van der Waals surface area contributed by atoms with E-state index in [1.807, 2.05) is 62.5 Å². The molecule has 53 heavy (non-hydrogen) atoms. The van der Waals surface area contributed by atoms with Gasteiger partial charge in [0.05, 0.1) is 6.04 Å². The fraction of sp³-hybridized carbons (Fsp3) is 0.271. The second kappa shape index (κ2) is 33.7. The number of carbonyl (C=O) groups is 1. The van der Waals surface area contributed by atoms with E-state index in [2.05, 4.69) is 154 Å². The van der Waals surface area contributed by atoms with Crippen molar-refractivity contribution in [3.05, 3.63) is 193 Å². The summed E-state index contributed by atoms with van der Waals surface area (Å²) in [6.07, 6.45) is 18.3. The molecule has 1 atom stereocenters. The second-order valence-corrected chi connectivity index (χ2v) is 11.2. The van der Waals surface area contributed by atoms with Crippen LogP contribution in [0.15, 0.2) is 160 Å². The van der Waals surface area contributed by atoms with Gasteiger partial charge in [0.1, 0.15) is 6.29 Å². The largest absolute Gasteiger partial charge is 0.361 e. The van der Waals surface area contributed by atoms with Crippen LogP contribution in [0.4, 0.5) is 0 Å². The van der Waals surface area contributed by atoms with Crippen LogP contribution in [-0.4, -0.2) is 40.8 Å². The average Bonchev–Trinajstić information content (AvgIpc) is 3.73. The Morgan fingerprint density at radius 2 is 1.32 bits per heavy atom. The molecule has 2 N–H and O–H groups in total. The van der Waals surface area contributed by atoms with Crippen LogP contribution in [0, 0.1) is 6.92 Å².